The van der Waals surface area contributed by atoms with Crippen LogP contribution in [-0.4, -0.2) is 0 Å². The van der Waals surface area contributed by atoms with Gasteiger partial charge in [0.15, 0.2) is 0 Å². The Balaban J connectivity index is 2.05. The van der Waals surface area contributed by atoms with E-state index in [1.807, 2.05) is 24.3 Å². The van der Waals surface area contributed by atoms with Crippen LogP contribution in [0.5, 0.6) is 0 Å². The van der Waals surface area contributed by atoms with E-state index >= 15 is 0 Å². The lowest BCUT2D eigenvalue weighted by Gasteiger charge is -2.04. The minimum absolute atomic E-state index is 0.894. The van der Waals surface area contributed by atoms with Crippen LogP contribution in [0.4, 0.5) is 0 Å². The Kier molecular flexibility index (Phi) is 4.14. The summed E-state index contributed by atoms with van der Waals surface area (Å²) in [4.78, 5) is 0. The molecule has 0 heteroatoms. The summed E-state index contributed by atoms with van der Waals surface area (Å²) in [5.74, 6) is 0. The molecule has 0 aliphatic rings. The lowest BCUT2D eigenvalue weighted by molar-refractivity contribution is 1.38. The molecule has 0 fully saturated rings. The van der Waals surface area contributed by atoms with Gasteiger partial charge in [-0.1, -0.05) is 73.3 Å². The molecule has 0 N–H and O–H groups in total. The van der Waals surface area contributed by atoms with Crippen molar-refractivity contribution in [3.8, 4) is 0 Å². The van der Waals surface area contributed by atoms with E-state index in [9.17, 15) is 0 Å². The summed E-state index contributed by atoms with van der Waals surface area (Å²) in [6.45, 7) is 6.29. The molecule has 0 spiro atoms. The summed E-state index contributed by atoms with van der Waals surface area (Å²) < 4.78 is 0. The first-order valence-electron chi connectivity index (χ1n) is 6.23. The molecule has 0 bridgehead atoms. The first-order valence-corrected chi connectivity index (χ1v) is 6.23. The van der Waals surface area contributed by atoms with Crippen LogP contribution in [0.25, 0.3) is 11.1 Å². The molecule has 90 valence electrons. The van der Waals surface area contributed by atoms with E-state index in [4.69, 9.17) is 0 Å². The van der Waals surface area contributed by atoms with Gasteiger partial charge < -0.3 is 0 Å². The van der Waals surface area contributed by atoms with Gasteiger partial charge in [0.2, 0.25) is 0 Å². The first-order chi connectivity index (χ1) is 8.77. The highest BCUT2D eigenvalue weighted by Gasteiger charge is 1.97. The van der Waals surface area contributed by atoms with Gasteiger partial charge in [-0.05, 0) is 35.6 Å². The van der Waals surface area contributed by atoms with E-state index in [0.29, 0.717) is 0 Å². The quantitative estimate of drug-likeness (QED) is 0.682. The van der Waals surface area contributed by atoms with Crippen LogP contribution in [-0.2, 0) is 0 Å². The number of allylic oxidation sites excluding steroid dienone is 3. The minimum atomic E-state index is 0.894. The van der Waals surface area contributed by atoms with Crippen molar-refractivity contribution >= 4 is 11.1 Å². The summed E-state index contributed by atoms with van der Waals surface area (Å²) in [6.07, 6.45) is 3.13. The molecule has 18 heavy (non-hydrogen) atoms. The largest absolute Gasteiger partial charge is 0.0949 e. The third-order valence-corrected chi connectivity index (χ3v) is 3.07. The monoisotopic (exact) mass is 234 g/mol. The van der Waals surface area contributed by atoms with Crippen LogP contribution in [0, 0.1) is 0 Å². The highest BCUT2D eigenvalue weighted by Crippen LogP contribution is 2.20. The van der Waals surface area contributed by atoms with Crippen LogP contribution in [0.15, 0.2) is 73.3 Å². The SMILES string of the molecule is C=C(CC=C(C)c1ccccc1)c1ccccc1. The Hall–Kier alpha value is -2.08. The van der Waals surface area contributed by atoms with Crippen LogP contribution in [0.2, 0.25) is 0 Å². The molecular formula is C18H18. The Morgan fingerprint density at radius 2 is 1.39 bits per heavy atom. The lowest BCUT2D eigenvalue weighted by atomic mass is 10.0. The average Bonchev–Trinajstić information content (AvgIpc) is 2.46. The molecule has 0 atom stereocenters. The number of benzene rings is 2. The van der Waals surface area contributed by atoms with Crippen molar-refractivity contribution in [3.63, 3.8) is 0 Å². The van der Waals surface area contributed by atoms with Crippen LogP contribution >= 0.6 is 0 Å². The van der Waals surface area contributed by atoms with Gasteiger partial charge in [-0.3, -0.25) is 0 Å². The summed E-state index contributed by atoms with van der Waals surface area (Å²) in [7, 11) is 0. The second kappa shape index (κ2) is 6.02. The maximum Gasteiger partial charge on any atom is -0.00915 e. The highest BCUT2D eigenvalue weighted by molar-refractivity contribution is 5.69. The maximum absolute atomic E-state index is 4.15. The van der Waals surface area contributed by atoms with Gasteiger partial charge in [-0.15, -0.1) is 0 Å². The lowest BCUT2D eigenvalue weighted by Crippen LogP contribution is -1.82. The average molecular weight is 234 g/mol. The molecule has 0 radical (unpaired) electrons. The Morgan fingerprint density at radius 1 is 0.889 bits per heavy atom. The van der Waals surface area contributed by atoms with Crippen molar-refractivity contribution in [1.29, 1.82) is 0 Å². The van der Waals surface area contributed by atoms with Gasteiger partial charge >= 0.3 is 0 Å². The molecule has 0 saturated heterocycles. The summed E-state index contributed by atoms with van der Waals surface area (Å²) >= 11 is 0. The van der Waals surface area contributed by atoms with Gasteiger partial charge in [0.1, 0.15) is 0 Å². The van der Waals surface area contributed by atoms with Crippen LogP contribution in [0.3, 0.4) is 0 Å². The van der Waals surface area contributed by atoms with E-state index in [-0.39, 0.29) is 0 Å². The fourth-order valence-corrected chi connectivity index (χ4v) is 1.89. The smallest absolute Gasteiger partial charge is 0.00915 e. The zero-order chi connectivity index (χ0) is 12.8. The summed E-state index contributed by atoms with van der Waals surface area (Å²) in [5.41, 5.74) is 4.95. The second-order valence-electron chi connectivity index (χ2n) is 4.43. The van der Waals surface area contributed by atoms with Crippen LogP contribution < -0.4 is 0 Å². The zero-order valence-corrected chi connectivity index (χ0v) is 10.8. The summed E-state index contributed by atoms with van der Waals surface area (Å²) in [6, 6.07) is 20.8. The molecule has 0 aromatic heterocycles. The van der Waals surface area contributed by atoms with Gasteiger partial charge in [-0.2, -0.15) is 0 Å². The molecule has 0 heterocycles. The summed E-state index contributed by atoms with van der Waals surface area (Å²) in [5, 5.41) is 0. The molecule has 2 aromatic rings. The van der Waals surface area contributed by atoms with Crippen molar-refractivity contribution in [2.24, 2.45) is 0 Å². The van der Waals surface area contributed by atoms with Crippen molar-refractivity contribution < 1.29 is 0 Å². The zero-order valence-electron chi connectivity index (χ0n) is 10.8. The minimum Gasteiger partial charge on any atom is -0.0949 e. The Labute approximate surface area is 109 Å². The van der Waals surface area contributed by atoms with Gasteiger partial charge in [0.05, 0.1) is 0 Å². The van der Waals surface area contributed by atoms with E-state index in [0.717, 1.165) is 12.0 Å². The Morgan fingerprint density at radius 3 is 1.94 bits per heavy atom. The van der Waals surface area contributed by atoms with Crippen molar-refractivity contribution in [3.05, 3.63) is 84.4 Å². The predicted molar refractivity (Wildman–Crippen MR) is 80.2 cm³/mol. The third-order valence-electron chi connectivity index (χ3n) is 3.07. The Bertz CT molecular complexity index is 533. The highest BCUT2D eigenvalue weighted by atomic mass is 14.0. The normalized spacial score (nSPS) is 11.3. The molecule has 2 rings (SSSR count). The maximum atomic E-state index is 4.15. The van der Waals surface area contributed by atoms with Gasteiger partial charge in [0.25, 0.3) is 0 Å². The second-order valence-corrected chi connectivity index (χ2v) is 4.43. The van der Waals surface area contributed by atoms with Crippen LogP contribution in [0.1, 0.15) is 24.5 Å². The van der Waals surface area contributed by atoms with E-state index in [2.05, 4.69) is 56.0 Å². The molecule has 0 saturated carbocycles. The van der Waals surface area contributed by atoms with Crippen molar-refractivity contribution in [1.82, 2.24) is 0 Å². The first kappa shape index (κ1) is 12.4. The van der Waals surface area contributed by atoms with Crippen molar-refractivity contribution in [2.45, 2.75) is 13.3 Å². The molecule has 2 aromatic carbocycles. The molecular weight excluding hydrogens is 216 g/mol. The number of hydrogen-bond donors (Lipinski definition) is 0. The molecule has 0 aliphatic heterocycles. The fraction of sp³-hybridized carbons (Fsp3) is 0.111. The molecule has 0 amide bonds. The number of rotatable bonds is 4. The number of hydrogen-bond acceptors (Lipinski definition) is 0. The molecule has 0 nitrogen and oxygen atoms in total. The predicted octanol–water partition coefficient (Wildman–Crippen LogP) is 5.19. The third kappa shape index (κ3) is 3.21. The van der Waals surface area contributed by atoms with E-state index in [1.54, 1.807) is 0 Å². The van der Waals surface area contributed by atoms with Gasteiger partial charge in [-0.25, -0.2) is 0 Å². The standard InChI is InChI=1S/C18H18/c1-15(17-9-5-3-6-10-17)13-14-16(2)18-11-7-4-8-12-18/h3-12,14H,1,13H2,2H3. The van der Waals surface area contributed by atoms with Gasteiger partial charge in [0, 0.05) is 0 Å². The molecule has 0 unspecified atom stereocenters. The van der Waals surface area contributed by atoms with Crippen molar-refractivity contribution in [2.75, 3.05) is 0 Å². The van der Waals surface area contributed by atoms with E-state index in [1.165, 1.54) is 16.7 Å². The van der Waals surface area contributed by atoms with E-state index < -0.39 is 0 Å². The molecule has 0 aliphatic carbocycles. The topological polar surface area (TPSA) is 0 Å². The fourth-order valence-electron chi connectivity index (χ4n) is 1.89.